The lowest BCUT2D eigenvalue weighted by Crippen LogP contribution is -2.49. The number of nitrogens with zero attached hydrogens (tertiary/aromatic N) is 2. The summed E-state index contributed by atoms with van der Waals surface area (Å²) < 4.78 is 0. The van der Waals surface area contributed by atoms with Gasteiger partial charge in [0.05, 0.1) is 12.5 Å². The minimum atomic E-state index is -0.437. The molecule has 32 heavy (non-hydrogen) atoms. The standard InChI is InChI=1S/C23H23ClN4O4/c24-18-2-1-3-19(11-18)28-13-17(10-21(28)30)22(31)26-12-15-4-6-16(7-5-15)23(32)27-9-8-25-20(29)14-27/h1-7,11,17H,8-10,12-14H2,(H,25,29)(H,26,31). The minimum absolute atomic E-state index is 0.0585. The van der Waals surface area contributed by atoms with Crippen LogP contribution in [0.4, 0.5) is 5.69 Å². The SMILES string of the molecule is O=C1CN(C(=O)c2ccc(CNC(=O)C3CC(=O)N(c4cccc(Cl)c4)C3)cc2)CCN1. The molecule has 2 aliphatic rings. The van der Waals surface area contributed by atoms with E-state index in [1.807, 2.05) is 0 Å². The molecule has 166 valence electrons. The van der Waals surface area contributed by atoms with Gasteiger partial charge in [-0.05, 0) is 35.9 Å². The van der Waals surface area contributed by atoms with Gasteiger partial charge in [-0.3, -0.25) is 19.2 Å². The molecule has 0 spiro atoms. The van der Waals surface area contributed by atoms with Crippen LogP contribution < -0.4 is 15.5 Å². The van der Waals surface area contributed by atoms with Crippen LogP contribution >= 0.6 is 11.6 Å². The summed E-state index contributed by atoms with van der Waals surface area (Å²) in [6.45, 7) is 1.59. The van der Waals surface area contributed by atoms with Gasteiger partial charge in [-0.15, -0.1) is 0 Å². The zero-order valence-electron chi connectivity index (χ0n) is 17.3. The molecule has 1 unspecified atom stereocenters. The fraction of sp³-hybridized carbons (Fsp3) is 0.304. The highest BCUT2D eigenvalue weighted by Crippen LogP contribution is 2.27. The molecule has 8 nitrogen and oxygen atoms in total. The average Bonchev–Trinajstić information content (AvgIpc) is 3.19. The summed E-state index contributed by atoms with van der Waals surface area (Å²) in [4.78, 5) is 52.1. The normalized spacial score (nSPS) is 18.5. The van der Waals surface area contributed by atoms with Crippen molar-refractivity contribution in [3.8, 4) is 0 Å². The van der Waals surface area contributed by atoms with E-state index in [2.05, 4.69) is 10.6 Å². The van der Waals surface area contributed by atoms with Crippen LogP contribution in [0.3, 0.4) is 0 Å². The van der Waals surface area contributed by atoms with Crippen molar-refractivity contribution >= 4 is 40.9 Å². The predicted molar refractivity (Wildman–Crippen MR) is 119 cm³/mol. The van der Waals surface area contributed by atoms with E-state index in [1.165, 1.54) is 4.90 Å². The van der Waals surface area contributed by atoms with Crippen molar-refractivity contribution in [3.63, 3.8) is 0 Å². The largest absolute Gasteiger partial charge is 0.353 e. The van der Waals surface area contributed by atoms with Crippen LogP contribution in [0, 0.1) is 5.92 Å². The number of carbonyl (C=O) groups is 4. The van der Waals surface area contributed by atoms with Gasteiger partial charge in [0.2, 0.25) is 17.7 Å². The topological polar surface area (TPSA) is 98.8 Å². The zero-order chi connectivity index (χ0) is 22.7. The van der Waals surface area contributed by atoms with Crippen LogP contribution in [0.25, 0.3) is 0 Å². The van der Waals surface area contributed by atoms with E-state index in [4.69, 9.17) is 11.6 Å². The van der Waals surface area contributed by atoms with Crippen LogP contribution in [0.2, 0.25) is 5.02 Å². The molecule has 0 bridgehead atoms. The number of carbonyl (C=O) groups excluding carboxylic acids is 4. The van der Waals surface area contributed by atoms with Crippen molar-refractivity contribution in [2.75, 3.05) is 31.1 Å². The smallest absolute Gasteiger partial charge is 0.254 e. The maximum atomic E-state index is 12.6. The summed E-state index contributed by atoms with van der Waals surface area (Å²) in [5, 5.41) is 6.10. The van der Waals surface area contributed by atoms with Gasteiger partial charge in [-0.2, -0.15) is 0 Å². The monoisotopic (exact) mass is 454 g/mol. The Balaban J connectivity index is 1.31. The zero-order valence-corrected chi connectivity index (χ0v) is 18.1. The third kappa shape index (κ3) is 4.91. The van der Waals surface area contributed by atoms with Gasteiger partial charge >= 0.3 is 0 Å². The van der Waals surface area contributed by atoms with Gasteiger partial charge in [0, 0.05) is 48.9 Å². The number of hydrogen-bond donors (Lipinski definition) is 2. The highest BCUT2D eigenvalue weighted by molar-refractivity contribution is 6.31. The third-order valence-electron chi connectivity index (χ3n) is 5.61. The second-order valence-electron chi connectivity index (χ2n) is 7.88. The highest BCUT2D eigenvalue weighted by Gasteiger charge is 2.35. The summed E-state index contributed by atoms with van der Waals surface area (Å²) >= 11 is 6.01. The van der Waals surface area contributed by atoms with Gasteiger partial charge in [0.15, 0.2) is 0 Å². The Kier molecular flexibility index (Phi) is 6.41. The van der Waals surface area contributed by atoms with Gasteiger partial charge < -0.3 is 20.4 Å². The Bertz CT molecular complexity index is 1060. The van der Waals surface area contributed by atoms with Crippen LogP contribution in [0.5, 0.6) is 0 Å². The summed E-state index contributed by atoms with van der Waals surface area (Å²) in [6, 6.07) is 13.9. The quantitative estimate of drug-likeness (QED) is 0.716. The molecule has 0 aromatic heterocycles. The first-order chi connectivity index (χ1) is 15.4. The molecular weight excluding hydrogens is 432 g/mol. The lowest BCUT2D eigenvalue weighted by Gasteiger charge is -2.26. The van der Waals surface area contributed by atoms with E-state index in [-0.39, 0.29) is 36.6 Å². The Hall–Kier alpha value is -3.39. The predicted octanol–water partition coefficient (Wildman–Crippen LogP) is 1.58. The first kappa shape index (κ1) is 21.8. The molecule has 4 amide bonds. The van der Waals surface area contributed by atoms with Gasteiger partial charge in [0.1, 0.15) is 0 Å². The van der Waals surface area contributed by atoms with E-state index in [1.54, 1.807) is 53.4 Å². The average molecular weight is 455 g/mol. The molecule has 2 fully saturated rings. The van der Waals surface area contributed by atoms with Gasteiger partial charge in [0.25, 0.3) is 5.91 Å². The molecule has 1 atom stereocenters. The molecule has 0 saturated carbocycles. The molecule has 2 N–H and O–H groups in total. The summed E-state index contributed by atoms with van der Waals surface area (Å²) in [5.74, 6) is -1.10. The third-order valence-corrected chi connectivity index (χ3v) is 5.84. The van der Waals surface area contributed by atoms with Crippen molar-refractivity contribution in [2.24, 2.45) is 5.92 Å². The van der Waals surface area contributed by atoms with Crippen LogP contribution in [-0.2, 0) is 20.9 Å². The number of amides is 4. The number of piperazine rings is 1. The lowest BCUT2D eigenvalue weighted by molar-refractivity contribution is -0.126. The van der Waals surface area contributed by atoms with E-state index in [9.17, 15) is 19.2 Å². The van der Waals surface area contributed by atoms with Crippen LogP contribution in [0.15, 0.2) is 48.5 Å². The first-order valence-corrected chi connectivity index (χ1v) is 10.8. The van der Waals surface area contributed by atoms with Crippen LogP contribution in [0.1, 0.15) is 22.3 Å². The number of hydrogen-bond acceptors (Lipinski definition) is 4. The highest BCUT2D eigenvalue weighted by atomic mass is 35.5. The second-order valence-corrected chi connectivity index (χ2v) is 8.31. The number of nitrogens with one attached hydrogen (secondary N) is 2. The Morgan fingerprint density at radius 3 is 2.62 bits per heavy atom. The molecule has 2 aromatic carbocycles. The fourth-order valence-electron chi connectivity index (χ4n) is 3.87. The lowest BCUT2D eigenvalue weighted by atomic mass is 10.1. The number of rotatable bonds is 5. The number of anilines is 1. The Morgan fingerprint density at radius 2 is 1.91 bits per heavy atom. The van der Waals surface area contributed by atoms with E-state index in [0.717, 1.165) is 5.56 Å². The molecule has 4 rings (SSSR count). The number of benzene rings is 2. The van der Waals surface area contributed by atoms with Crippen molar-refractivity contribution in [1.82, 2.24) is 15.5 Å². The second kappa shape index (κ2) is 9.40. The summed E-state index contributed by atoms with van der Waals surface area (Å²) in [7, 11) is 0. The Labute approximate surface area is 190 Å². The molecule has 0 radical (unpaired) electrons. The number of halogens is 1. The van der Waals surface area contributed by atoms with Crippen LogP contribution in [-0.4, -0.2) is 54.7 Å². The molecule has 2 heterocycles. The van der Waals surface area contributed by atoms with Crippen molar-refractivity contribution < 1.29 is 19.2 Å². The fourth-order valence-corrected chi connectivity index (χ4v) is 4.05. The summed E-state index contributed by atoms with van der Waals surface area (Å²) in [5.41, 5.74) is 2.01. The molecule has 0 aliphatic carbocycles. The maximum absolute atomic E-state index is 12.6. The first-order valence-electron chi connectivity index (χ1n) is 10.4. The Morgan fingerprint density at radius 1 is 1.12 bits per heavy atom. The maximum Gasteiger partial charge on any atom is 0.254 e. The molecule has 2 saturated heterocycles. The molecule has 2 aliphatic heterocycles. The van der Waals surface area contributed by atoms with Gasteiger partial charge in [-0.25, -0.2) is 0 Å². The van der Waals surface area contributed by atoms with E-state index in [0.29, 0.717) is 42.5 Å². The van der Waals surface area contributed by atoms with Crippen molar-refractivity contribution in [2.45, 2.75) is 13.0 Å². The van der Waals surface area contributed by atoms with Crippen molar-refractivity contribution in [3.05, 3.63) is 64.7 Å². The minimum Gasteiger partial charge on any atom is -0.353 e. The van der Waals surface area contributed by atoms with E-state index < -0.39 is 5.92 Å². The molecule has 9 heteroatoms. The van der Waals surface area contributed by atoms with E-state index >= 15 is 0 Å². The molecule has 2 aromatic rings. The summed E-state index contributed by atoms with van der Waals surface area (Å²) in [6.07, 6.45) is 0.148. The molecular formula is C23H23ClN4O4. The van der Waals surface area contributed by atoms with Crippen molar-refractivity contribution in [1.29, 1.82) is 0 Å². The van der Waals surface area contributed by atoms with Gasteiger partial charge in [-0.1, -0.05) is 29.8 Å².